The highest BCUT2D eigenvalue weighted by molar-refractivity contribution is 7.90. The number of nitrogens with zero attached hydrogens (tertiary/aromatic N) is 5. The number of hydrogen-bond donors (Lipinski definition) is 0. The van der Waals surface area contributed by atoms with Crippen molar-refractivity contribution in [1.82, 2.24) is 24.8 Å². The van der Waals surface area contributed by atoms with Crippen LogP contribution in [0, 0.1) is 0 Å². The monoisotopic (exact) mass is 371 g/mol. The van der Waals surface area contributed by atoms with E-state index in [-0.39, 0.29) is 32.7 Å². The fourth-order valence-electron chi connectivity index (χ4n) is 1.84. The molecule has 9 nitrogen and oxygen atoms in total. The van der Waals surface area contributed by atoms with Gasteiger partial charge in [0.25, 0.3) is 5.91 Å². The van der Waals surface area contributed by atoms with Crippen molar-refractivity contribution in [2.24, 2.45) is 0 Å². The lowest BCUT2D eigenvalue weighted by atomic mass is 10.3. The second kappa shape index (κ2) is 6.87. The van der Waals surface area contributed by atoms with Crippen LogP contribution in [0.25, 0.3) is 10.3 Å². The Bertz CT molecular complexity index is 891. The molecular formula is C13H17N5O4S2. The molecule has 2 amide bonds. The number of carbonyl (C=O) groups excluding carboxylic acids is 2. The van der Waals surface area contributed by atoms with Crippen LogP contribution >= 0.6 is 11.3 Å². The Balaban J connectivity index is 2.32. The standard InChI is InChI=1S/C13H17N5O4S2/c1-17(2)6-5-8(19)18(3)13(20)11-16-9-10(23-11)14-7-15-12(9)24(4,21)22/h7H,5-6H2,1-4H3. The first kappa shape index (κ1) is 18.4. The molecule has 2 rings (SSSR count). The van der Waals surface area contributed by atoms with Gasteiger partial charge >= 0.3 is 0 Å². The summed E-state index contributed by atoms with van der Waals surface area (Å²) in [6, 6.07) is 0. The van der Waals surface area contributed by atoms with Gasteiger partial charge in [0.15, 0.2) is 19.9 Å². The minimum atomic E-state index is -3.60. The predicted molar refractivity (Wildman–Crippen MR) is 88.6 cm³/mol. The molecule has 0 atom stereocenters. The topological polar surface area (TPSA) is 113 Å². The lowest BCUT2D eigenvalue weighted by molar-refractivity contribution is -0.127. The summed E-state index contributed by atoms with van der Waals surface area (Å²) in [7, 11) is 1.42. The molecule has 24 heavy (non-hydrogen) atoms. The van der Waals surface area contributed by atoms with Gasteiger partial charge in [-0.3, -0.25) is 14.5 Å². The zero-order chi connectivity index (χ0) is 18.1. The zero-order valence-electron chi connectivity index (χ0n) is 13.7. The predicted octanol–water partition coefficient (Wildman–Crippen LogP) is 0.0401. The van der Waals surface area contributed by atoms with Crippen LogP contribution in [-0.4, -0.2) is 78.9 Å². The van der Waals surface area contributed by atoms with E-state index in [1.54, 1.807) is 0 Å². The Morgan fingerprint density at radius 2 is 1.88 bits per heavy atom. The number of imide groups is 1. The van der Waals surface area contributed by atoms with Crippen LogP contribution in [0.5, 0.6) is 0 Å². The van der Waals surface area contributed by atoms with Gasteiger partial charge < -0.3 is 4.90 Å². The van der Waals surface area contributed by atoms with Gasteiger partial charge in [0.2, 0.25) is 5.91 Å². The van der Waals surface area contributed by atoms with Crippen molar-refractivity contribution in [2.45, 2.75) is 11.4 Å². The van der Waals surface area contributed by atoms with Gasteiger partial charge in [-0.05, 0) is 14.1 Å². The number of thiazole rings is 1. The summed E-state index contributed by atoms with van der Waals surface area (Å²) in [5.74, 6) is -0.941. The van der Waals surface area contributed by atoms with Crippen LogP contribution in [0.3, 0.4) is 0 Å². The molecule has 0 aliphatic carbocycles. The number of aromatic nitrogens is 3. The second-order valence-electron chi connectivity index (χ2n) is 5.43. The fraction of sp³-hybridized carbons (Fsp3) is 0.462. The smallest absolute Gasteiger partial charge is 0.289 e. The third-order valence-electron chi connectivity index (χ3n) is 3.15. The lowest BCUT2D eigenvalue weighted by Gasteiger charge is -2.15. The van der Waals surface area contributed by atoms with Gasteiger partial charge in [-0.1, -0.05) is 11.3 Å². The first-order chi connectivity index (χ1) is 11.1. The molecule has 0 N–H and O–H groups in total. The molecule has 2 aromatic rings. The molecule has 0 aliphatic heterocycles. The Labute approximate surface area is 143 Å². The molecule has 0 spiro atoms. The van der Waals surface area contributed by atoms with Crippen LogP contribution in [0.2, 0.25) is 0 Å². The summed E-state index contributed by atoms with van der Waals surface area (Å²) in [6.45, 7) is 0.514. The third kappa shape index (κ3) is 3.91. The van der Waals surface area contributed by atoms with Crippen molar-refractivity contribution in [2.75, 3.05) is 33.9 Å². The molecule has 0 radical (unpaired) electrons. The van der Waals surface area contributed by atoms with Gasteiger partial charge in [-0.2, -0.15) is 0 Å². The molecule has 2 aromatic heterocycles. The van der Waals surface area contributed by atoms with E-state index in [0.717, 1.165) is 28.8 Å². The molecule has 0 bridgehead atoms. The average Bonchev–Trinajstić information content (AvgIpc) is 2.93. The number of amides is 2. The first-order valence-corrected chi connectivity index (χ1v) is 9.59. The summed E-state index contributed by atoms with van der Waals surface area (Å²) in [6.07, 6.45) is 2.30. The van der Waals surface area contributed by atoms with Crippen molar-refractivity contribution < 1.29 is 18.0 Å². The number of hydrogen-bond acceptors (Lipinski definition) is 9. The summed E-state index contributed by atoms with van der Waals surface area (Å²) in [4.78, 5) is 39.2. The minimum absolute atomic E-state index is 0.00361. The molecule has 0 saturated carbocycles. The highest BCUT2D eigenvalue weighted by atomic mass is 32.2. The van der Waals surface area contributed by atoms with Gasteiger partial charge in [0.1, 0.15) is 16.7 Å². The number of fused-ring (bicyclic) bond motifs is 1. The minimum Gasteiger partial charge on any atom is -0.309 e. The first-order valence-electron chi connectivity index (χ1n) is 6.88. The van der Waals surface area contributed by atoms with Crippen LogP contribution in [0.1, 0.15) is 16.2 Å². The van der Waals surface area contributed by atoms with Crippen molar-refractivity contribution in [3.8, 4) is 0 Å². The van der Waals surface area contributed by atoms with E-state index in [4.69, 9.17) is 0 Å². The van der Waals surface area contributed by atoms with E-state index in [1.165, 1.54) is 7.05 Å². The van der Waals surface area contributed by atoms with Crippen molar-refractivity contribution in [3.05, 3.63) is 11.3 Å². The van der Waals surface area contributed by atoms with E-state index < -0.39 is 15.7 Å². The maximum atomic E-state index is 12.4. The van der Waals surface area contributed by atoms with Crippen LogP contribution in [0.15, 0.2) is 11.4 Å². The lowest BCUT2D eigenvalue weighted by Crippen LogP contribution is -2.34. The van der Waals surface area contributed by atoms with Crippen LogP contribution < -0.4 is 0 Å². The Morgan fingerprint density at radius 1 is 1.21 bits per heavy atom. The molecular weight excluding hydrogens is 354 g/mol. The quantitative estimate of drug-likeness (QED) is 0.677. The van der Waals surface area contributed by atoms with E-state index in [1.807, 2.05) is 19.0 Å². The van der Waals surface area contributed by atoms with E-state index in [9.17, 15) is 18.0 Å². The number of sulfone groups is 1. The summed E-state index contributed by atoms with van der Waals surface area (Å²) in [5, 5.41) is -0.236. The zero-order valence-corrected chi connectivity index (χ0v) is 15.3. The van der Waals surface area contributed by atoms with Gasteiger partial charge in [0, 0.05) is 26.3 Å². The molecule has 0 aromatic carbocycles. The van der Waals surface area contributed by atoms with Crippen molar-refractivity contribution >= 4 is 43.3 Å². The maximum absolute atomic E-state index is 12.4. The van der Waals surface area contributed by atoms with Crippen molar-refractivity contribution in [3.63, 3.8) is 0 Å². The molecule has 130 valence electrons. The summed E-state index contributed by atoms with van der Waals surface area (Å²) >= 11 is 0.925. The SMILES string of the molecule is CN(C)CCC(=O)N(C)C(=O)c1nc2c(S(C)(=O)=O)ncnc2s1. The van der Waals surface area contributed by atoms with Crippen LogP contribution in [0.4, 0.5) is 0 Å². The molecule has 0 unspecified atom stereocenters. The molecule has 2 heterocycles. The highest BCUT2D eigenvalue weighted by Gasteiger charge is 2.25. The van der Waals surface area contributed by atoms with E-state index >= 15 is 0 Å². The molecule has 0 aliphatic rings. The summed E-state index contributed by atoms with van der Waals surface area (Å²) in [5.41, 5.74) is 0.0440. The number of rotatable bonds is 5. The maximum Gasteiger partial charge on any atom is 0.289 e. The van der Waals surface area contributed by atoms with Crippen molar-refractivity contribution in [1.29, 1.82) is 0 Å². The molecule has 11 heteroatoms. The largest absolute Gasteiger partial charge is 0.309 e. The molecule has 0 saturated heterocycles. The Kier molecular flexibility index (Phi) is 5.26. The highest BCUT2D eigenvalue weighted by Crippen LogP contribution is 2.25. The van der Waals surface area contributed by atoms with Crippen LogP contribution in [-0.2, 0) is 14.6 Å². The second-order valence-corrected chi connectivity index (χ2v) is 8.34. The van der Waals surface area contributed by atoms with E-state index in [0.29, 0.717) is 6.54 Å². The van der Waals surface area contributed by atoms with E-state index in [2.05, 4.69) is 15.0 Å². The average molecular weight is 371 g/mol. The van der Waals surface area contributed by atoms with Gasteiger partial charge in [-0.15, -0.1) is 0 Å². The Hall–Kier alpha value is -1.98. The van der Waals surface area contributed by atoms with Gasteiger partial charge in [-0.25, -0.2) is 23.4 Å². The fourth-order valence-corrected chi connectivity index (χ4v) is 3.52. The van der Waals surface area contributed by atoms with Gasteiger partial charge in [0.05, 0.1) is 0 Å². The summed E-state index contributed by atoms with van der Waals surface area (Å²) < 4.78 is 23.5. The number of carbonyl (C=O) groups is 2. The normalized spacial score (nSPS) is 11.9. The Morgan fingerprint density at radius 3 is 2.46 bits per heavy atom. The molecule has 0 fully saturated rings. The third-order valence-corrected chi connectivity index (χ3v) is 5.10.